The fraction of sp³-hybridized carbons (Fsp3) is 0.913. The average molecular weight is 447 g/mol. The van der Waals surface area contributed by atoms with Gasteiger partial charge in [0.25, 0.3) is 0 Å². The summed E-state index contributed by atoms with van der Waals surface area (Å²) >= 11 is 0. The first-order chi connectivity index (χ1) is 15.1. The number of methoxy groups -OCH3 is 1. The lowest BCUT2D eigenvalue weighted by Crippen LogP contribution is -2.29. The largest absolute Gasteiger partial charge is 0.379 e. The van der Waals surface area contributed by atoms with E-state index < -0.39 is 0 Å². The molecule has 2 amide bonds. The van der Waals surface area contributed by atoms with Crippen molar-refractivity contribution >= 4 is 11.8 Å². The molecule has 0 aliphatic carbocycles. The quantitative estimate of drug-likeness (QED) is 0.234. The lowest BCUT2D eigenvalue weighted by molar-refractivity contribution is -0.125. The van der Waals surface area contributed by atoms with E-state index >= 15 is 0 Å². The Morgan fingerprint density at radius 1 is 0.742 bits per heavy atom. The summed E-state index contributed by atoms with van der Waals surface area (Å²) in [5, 5.41) is 5.79. The molecule has 31 heavy (non-hydrogen) atoms. The van der Waals surface area contributed by atoms with E-state index in [1.165, 1.54) is 7.11 Å². The molecule has 0 radical (unpaired) electrons. The summed E-state index contributed by atoms with van der Waals surface area (Å²) in [7, 11) is 1.51. The van der Waals surface area contributed by atoms with Crippen molar-refractivity contribution in [1.29, 1.82) is 0 Å². The van der Waals surface area contributed by atoms with Crippen molar-refractivity contribution in [3.63, 3.8) is 0 Å². The molecule has 0 rings (SSSR count). The van der Waals surface area contributed by atoms with Gasteiger partial charge in [0, 0.05) is 39.3 Å². The molecule has 0 aromatic carbocycles. The molecule has 1 unspecified atom stereocenters. The Kier molecular flexibility index (Phi) is 22.5. The summed E-state index contributed by atoms with van der Waals surface area (Å²) in [5.74, 6) is 0.214. The zero-order valence-corrected chi connectivity index (χ0v) is 20.0. The van der Waals surface area contributed by atoms with E-state index in [-0.39, 0.29) is 24.3 Å². The number of ether oxygens (including phenoxy) is 4. The van der Waals surface area contributed by atoms with E-state index in [1.54, 1.807) is 0 Å². The molecule has 184 valence electrons. The predicted octanol–water partition coefficient (Wildman–Crippen LogP) is 2.69. The summed E-state index contributed by atoms with van der Waals surface area (Å²) in [6.07, 6.45) is 7.98. The number of nitrogens with one attached hydrogen (secondary N) is 2. The van der Waals surface area contributed by atoms with Crippen molar-refractivity contribution in [3.05, 3.63) is 0 Å². The number of unbranched alkanes of at least 4 members (excludes halogenated alkanes) is 4. The molecule has 8 heteroatoms. The molecule has 2 N–H and O–H groups in total. The number of carbonyl (C=O) groups excluding carboxylic acids is 2. The van der Waals surface area contributed by atoms with Crippen molar-refractivity contribution < 1.29 is 28.5 Å². The second-order valence-electron chi connectivity index (χ2n) is 7.72. The maximum atomic E-state index is 11.8. The van der Waals surface area contributed by atoms with Gasteiger partial charge in [-0.15, -0.1) is 0 Å². The van der Waals surface area contributed by atoms with Crippen LogP contribution in [-0.2, 0) is 28.5 Å². The van der Waals surface area contributed by atoms with Crippen LogP contribution in [0.1, 0.15) is 65.2 Å². The highest BCUT2D eigenvalue weighted by molar-refractivity contribution is 5.78. The summed E-state index contributed by atoms with van der Waals surface area (Å²) in [6, 6.07) is 0. The van der Waals surface area contributed by atoms with E-state index in [4.69, 9.17) is 18.9 Å². The lowest BCUT2D eigenvalue weighted by Gasteiger charge is -2.11. The van der Waals surface area contributed by atoms with Gasteiger partial charge in [-0.3, -0.25) is 9.59 Å². The van der Waals surface area contributed by atoms with Gasteiger partial charge in [0.05, 0.1) is 26.4 Å². The van der Waals surface area contributed by atoms with Crippen LogP contribution >= 0.6 is 0 Å². The topological polar surface area (TPSA) is 95.1 Å². The minimum atomic E-state index is -0.0715. The molecule has 1 atom stereocenters. The first-order valence-electron chi connectivity index (χ1n) is 11.9. The lowest BCUT2D eigenvalue weighted by atomic mass is 10.1. The van der Waals surface area contributed by atoms with E-state index in [0.29, 0.717) is 39.6 Å². The average Bonchev–Trinajstić information content (AvgIpc) is 2.75. The van der Waals surface area contributed by atoms with E-state index in [9.17, 15) is 9.59 Å². The Morgan fingerprint density at radius 3 is 1.77 bits per heavy atom. The van der Waals surface area contributed by atoms with Crippen LogP contribution in [0.2, 0.25) is 0 Å². The Labute approximate surface area is 189 Å². The van der Waals surface area contributed by atoms with Crippen LogP contribution in [0.15, 0.2) is 0 Å². The molecular weight excluding hydrogens is 400 g/mol. The molecule has 0 spiro atoms. The third-order valence-corrected chi connectivity index (χ3v) is 4.74. The van der Waals surface area contributed by atoms with Gasteiger partial charge in [-0.2, -0.15) is 0 Å². The zero-order valence-electron chi connectivity index (χ0n) is 20.0. The van der Waals surface area contributed by atoms with Gasteiger partial charge in [-0.05, 0) is 44.9 Å². The minimum Gasteiger partial charge on any atom is -0.379 e. The van der Waals surface area contributed by atoms with Gasteiger partial charge in [0.2, 0.25) is 11.8 Å². The first kappa shape index (κ1) is 29.8. The molecule has 0 saturated heterocycles. The van der Waals surface area contributed by atoms with Gasteiger partial charge >= 0.3 is 0 Å². The van der Waals surface area contributed by atoms with Crippen molar-refractivity contribution in [2.75, 3.05) is 66.4 Å². The Hall–Kier alpha value is -1.22. The second kappa shape index (κ2) is 23.4. The summed E-state index contributed by atoms with van der Waals surface area (Å²) in [4.78, 5) is 22.9. The van der Waals surface area contributed by atoms with Crippen LogP contribution in [0.4, 0.5) is 0 Å². The van der Waals surface area contributed by atoms with Crippen LogP contribution < -0.4 is 10.6 Å². The molecule has 8 nitrogen and oxygen atoms in total. The van der Waals surface area contributed by atoms with Gasteiger partial charge in [0.15, 0.2) is 0 Å². The van der Waals surface area contributed by atoms with Crippen LogP contribution in [0.3, 0.4) is 0 Å². The maximum absolute atomic E-state index is 11.8. The molecule has 0 bridgehead atoms. The highest BCUT2D eigenvalue weighted by Gasteiger charge is 2.10. The smallest absolute Gasteiger partial charge is 0.245 e. The number of amides is 2. The van der Waals surface area contributed by atoms with E-state index in [2.05, 4.69) is 17.6 Å². The number of hydrogen-bond acceptors (Lipinski definition) is 6. The predicted molar refractivity (Wildman–Crippen MR) is 122 cm³/mol. The third kappa shape index (κ3) is 21.8. The van der Waals surface area contributed by atoms with Crippen LogP contribution in [0, 0.1) is 5.92 Å². The summed E-state index contributed by atoms with van der Waals surface area (Å²) < 4.78 is 21.3. The van der Waals surface area contributed by atoms with Gasteiger partial charge in [-0.1, -0.05) is 20.3 Å². The molecule has 0 heterocycles. The van der Waals surface area contributed by atoms with Gasteiger partial charge < -0.3 is 29.6 Å². The maximum Gasteiger partial charge on any atom is 0.245 e. The molecule has 0 aromatic heterocycles. The van der Waals surface area contributed by atoms with Crippen LogP contribution in [0.5, 0.6) is 0 Å². The fourth-order valence-electron chi connectivity index (χ4n) is 2.91. The van der Waals surface area contributed by atoms with E-state index in [1.807, 2.05) is 6.92 Å². The van der Waals surface area contributed by atoms with Crippen LogP contribution in [0.25, 0.3) is 0 Å². The number of rotatable bonds is 23. The highest BCUT2D eigenvalue weighted by atomic mass is 16.5. The zero-order chi connectivity index (χ0) is 23.0. The molecule has 0 aromatic rings. The van der Waals surface area contributed by atoms with E-state index in [0.717, 1.165) is 64.5 Å². The second-order valence-corrected chi connectivity index (χ2v) is 7.72. The standard InChI is InChI=1S/C23H46N2O6/c1-4-11-21(2)23(27)25-13-8-6-10-15-30-17-19-31-18-16-29-14-9-5-7-12-24-22(26)20-28-3/h21H,4-20H2,1-3H3,(H,24,26)(H,25,27). The van der Waals surface area contributed by atoms with Gasteiger partial charge in [-0.25, -0.2) is 0 Å². The summed E-state index contributed by atoms with van der Waals surface area (Å²) in [5.41, 5.74) is 0. The molecule has 0 saturated carbocycles. The molecule has 0 aliphatic heterocycles. The van der Waals surface area contributed by atoms with Crippen molar-refractivity contribution in [3.8, 4) is 0 Å². The molecule has 0 aliphatic rings. The Bertz CT molecular complexity index is 423. The monoisotopic (exact) mass is 446 g/mol. The minimum absolute atomic E-state index is 0.0715. The number of carbonyl (C=O) groups is 2. The molecule has 0 fully saturated rings. The van der Waals surface area contributed by atoms with Crippen molar-refractivity contribution in [1.82, 2.24) is 10.6 Å². The SMILES string of the molecule is CCCC(C)C(=O)NCCCCCOCCOCCOCCCCCNC(=O)COC. The normalized spacial score (nSPS) is 12.0. The van der Waals surface area contributed by atoms with Gasteiger partial charge in [0.1, 0.15) is 6.61 Å². The Balaban J connectivity index is 3.16. The van der Waals surface area contributed by atoms with Crippen LogP contribution in [-0.4, -0.2) is 78.3 Å². The molecular formula is C23H46N2O6. The first-order valence-corrected chi connectivity index (χ1v) is 11.9. The fourth-order valence-corrected chi connectivity index (χ4v) is 2.91. The third-order valence-electron chi connectivity index (χ3n) is 4.74. The van der Waals surface area contributed by atoms with Crippen molar-refractivity contribution in [2.24, 2.45) is 5.92 Å². The highest BCUT2D eigenvalue weighted by Crippen LogP contribution is 2.04. The Morgan fingerprint density at radius 2 is 1.26 bits per heavy atom. The van der Waals surface area contributed by atoms with Crippen molar-refractivity contribution in [2.45, 2.75) is 65.2 Å². The number of hydrogen-bond donors (Lipinski definition) is 2. The summed E-state index contributed by atoms with van der Waals surface area (Å²) in [6.45, 7) is 9.42.